The minimum Gasteiger partial charge on any atom is -0.481 e. The Hall–Kier alpha value is -0.670. The number of carbonyl (C=O) groups is 1. The van der Waals surface area contributed by atoms with E-state index >= 15 is 0 Å². The lowest BCUT2D eigenvalue weighted by Gasteiger charge is -2.14. The van der Waals surface area contributed by atoms with Gasteiger partial charge in [0.05, 0.1) is 5.92 Å². The summed E-state index contributed by atoms with van der Waals surface area (Å²) >= 11 is 0. The van der Waals surface area contributed by atoms with Gasteiger partial charge in [-0.2, -0.15) is 0 Å². The van der Waals surface area contributed by atoms with Gasteiger partial charge < -0.3 is 5.11 Å². The second-order valence-electron chi connectivity index (χ2n) is 3.74. The van der Waals surface area contributed by atoms with Crippen LogP contribution in [0.1, 0.15) is 19.3 Å². The summed E-state index contributed by atoms with van der Waals surface area (Å²) < 4.78 is 25.5. The summed E-state index contributed by atoms with van der Waals surface area (Å²) in [4.78, 5) is 10.5. The summed E-state index contributed by atoms with van der Waals surface area (Å²) in [6.45, 7) is 0. The van der Waals surface area contributed by atoms with E-state index in [1.165, 1.54) is 0 Å². The molecule has 0 aromatic rings. The second kappa shape index (κ2) is 2.18. The van der Waals surface area contributed by atoms with Crippen molar-refractivity contribution >= 4 is 5.97 Å². The Kier molecular flexibility index (Phi) is 1.44. The highest BCUT2D eigenvalue weighted by molar-refractivity contribution is 5.70. The maximum atomic E-state index is 12.7. The smallest absolute Gasteiger partial charge is 0.306 e. The summed E-state index contributed by atoms with van der Waals surface area (Å²) in [6.07, 6.45) is 0.980. The minimum atomic E-state index is -2.55. The lowest BCUT2D eigenvalue weighted by atomic mass is 9.89. The molecule has 0 spiro atoms. The lowest BCUT2D eigenvalue weighted by Crippen LogP contribution is -2.18. The van der Waals surface area contributed by atoms with E-state index in [9.17, 15) is 13.6 Å². The first-order valence-electron chi connectivity index (χ1n) is 4.14. The normalized spacial score (nSPS) is 43.3. The van der Waals surface area contributed by atoms with Crippen molar-refractivity contribution in [2.24, 2.45) is 17.8 Å². The third kappa shape index (κ3) is 0.934. The predicted octanol–water partition coefficient (Wildman–Crippen LogP) is 1.75. The average Bonchev–Trinajstić information content (AvgIpc) is 2.55. The summed E-state index contributed by atoms with van der Waals surface area (Å²) in [5.74, 6) is -5.14. The zero-order chi connectivity index (χ0) is 8.93. The molecule has 0 aliphatic heterocycles. The van der Waals surface area contributed by atoms with E-state index in [0.29, 0.717) is 12.8 Å². The van der Waals surface area contributed by atoms with Gasteiger partial charge in [-0.15, -0.1) is 0 Å². The van der Waals surface area contributed by atoms with E-state index < -0.39 is 29.6 Å². The first-order valence-corrected chi connectivity index (χ1v) is 4.14. The van der Waals surface area contributed by atoms with E-state index in [0.717, 1.165) is 0 Å². The molecule has 4 heteroatoms. The monoisotopic (exact) mass is 176 g/mol. The molecular formula is C8H10F2O2. The van der Waals surface area contributed by atoms with Crippen molar-refractivity contribution in [3.05, 3.63) is 0 Å². The number of fused-ring (bicyclic) bond motifs is 1. The standard InChI is InChI=1S/C8H10F2O2/c9-8(10)5-2-1-4(7(11)12)3-6(5)8/h4-6H,1-3H2,(H,11,12). The lowest BCUT2D eigenvalue weighted by molar-refractivity contribution is -0.142. The van der Waals surface area contributed by atoms with Gasteiger partial charge in [-0.1, -0.05) is 0 Å². The van der Waals surface area contributed by atoms with Gasteiger partial charge >= 0.3 is 5.97 Å². The highest BCUT2D eigenvalue weighted by atomic mass is 19.3. The van der Waals surface area contributed by atoms with E-state index in [1.807, 2.05) is 0 Å². The van der Waals surface area contributed by atoms with Crippen molar-refractivity contribution in [3.63, 3.8) is 0 Å². The van der Waals surface area contributed by atoms with Gasteiger partial charge in [-0.25, -0.2) is 8.78 Å². The van der Waals surface area contributed by atoms with Crippen LogP contribution in [0.15, 0.2) is 0 Å². The molecule has 0 radical (unpaired) electrons. The Balaban J connectivity index is 2.01. The van der Waals surface area contributed by atoms with Gasteiger partial charge in [-0.05, 0) is 19.3 Å². The molecule has 2 saturated carbocycles. The molecular weight excluding hydrogens is 166 g/mol. The van der Waals surface area contributed by atoms with E-state index in [2.05, 4.69) is 0 Å². The molecule has 2 nitrogen and oxygen atoms in total. The van der Waals surface area contributed by atoms with E-state index in [1.54, 1.807) is 0 Å². The van der Waals surface area contributed by atoms with Crippen LogP contribution in [0.5, 0.6) is 0 Å². The number of halogens is 2. The highest BCUT2D eigenvalue weighted by Crippen LogP contribution is 2.63. The van der Waals surface area contributed by atoms with Gasteiger partial charge in [-0.3, -0.25) is 4.79 Å². The van der Waals surface area contributed by atoms with E-state index in [4.69, 9.17) is 5.11 Å². The Morgan fingerprint density at radius 1 is 1.33 bits per heavy atom. The maximum Gasteiger partial charge on any atom is 0.306 e. The van der Waals surface area contributed by atoms with Crippen molar-refractivity contribution < 1.29 is 18.7 Å². The molecule has 0 saturated heterocycles. The molecule has 0 aromatic carbocycles. The molecule has 2 aliphatic carbocycles. The van der Waals surface area contributed by atoms with Crippen LogP contribution < -0.4 is 0 Å². The van der Waals surface area contributed by atoms with Gasteiger partial charge in [0.1, 0.15) is 0 Å². The van der Waals surface area contributed by atoms with Gasteiger partial charge in [0, 0.05) is 11.8 Å². The average molecular weight is 176 g/mol. The van der Waals surface area contributed by atoms with Crippen LogP contribution in [-0.2, 0) is 4.79 Å². The Morgan fingerprint density at radius 2 is 2.00 bits per heavy atom. The molecule has 2 aliphatic rings. The summed E-state index contributed by atoms with van der Waals surface area (Å²) in [5, 5.41) is 8.60. The van der Waals surface area contributed by atoms with Crippen molar-refractivity contribution in [2.75, 3.05) is 0 Å². The van der Waals surface area contributed by atoms with Crippen LogP contribution in [0, 0.1) is 17.8 Å². The number of carboxylic acid groups (broad SMARTS) is 1. The summed E-state index contributed by atoms with van der Waals surface area (Å²) in [7, 11) is 0. The molecule has 3 unspecified atom stereocenters. The molecule has 3 atom stereocenters. The van der Waals surface area contributed by atoms with Crippen molar-refractivity contribution in [2.45, 2.75) is 25.2 Å². The number of alkyl halides is 2. The maximum absolute atomic E-state index is 12.7. The molecule has 2 rings (SSSR count). The van der Waals surface area contributed by atoms with E-state index in [-0.39, 0.29) is 6.42 Å². The fourth-order valence-corrected chi connectivity index (χ4v) is 2.21. The topological polar surface area (TPSA) is 37.3 Å². The third-order valence-corrected chi connectivity index (χ3v) is 3.08. The van der Waals surface area contributed by atoms with Crippen LogP contribution in [0.3, 0.4) is 0 Å². The molecule has 0 heterocycles. The minimum absolute atomic E-state index is 0.174. The van der Waals surface area contributed by atoms with Crippen molar-refractivity contribution in [3.8, 4) is 0 Å². The van der Waals surface area contributed by atoms with Crippen LogP contribution >= 0.6 is 0 Å². The number of aliphatic carboxylic acids is 1. The summed E-state index contributed by atoms with van der Waals surface area (Å²) in [6, 6.07) is 0. The van der Waals surface area contributed by atoms with Crippen LogP contribution in [0.25, 0.3) is 0 Å². The Morgan fingerprint density at radius 3 is 2.50 bits per heavy atom. The SMILES string of the molecule is O=C(O)C1CCC2C(C1)C2(F)F. The first kappa shape index (κ1) is 7.95. The molecule has 0 aromatic heterocycles. The van der Waals surface area contributed by atoms with Crippen LogP contribution in [-0.4, -0.2) is 17.0 Å². The largest absolute Gasteiger partial charge is 0.481 e. The Bertz CT molecular complexity index is 227. The molecule has 12 heavy (non-hydrogen) atoms. The van der Waals surface area contributed by atoms with Gasteiger partial charge in [0.2, 0.25) is 0 Å². The quantitative estimate of drug-likeness (QED) is 0.660. The molecule has 68 valence electrons. The molecule has 1 N–H and O–H groups in total. The van der Waals surface area contributed by atoms with Crippen LogP contribution in [0.2, 0.25) is 0 Å². The van der Waals surface area contributed by atoms with Crippen molar-refractivity contribution in [1.29, 1.82) is 0 Å². The summed E-state index contributed by atoms with van der Waals surface area (Å²) in [5.41, 5.74) is 0. The van der Waals surface area contributed by atoms with Crippen LogP contribution in [0.4, 0.5) is 8.78 Å². The van der Waals surface area contributed by atoms with Crippen molar-refractivity contribution in [1.82, 2.24) is 0 Å². The zero-order valence-corrected chi connectivity index (χ0v) is 6.46. The molecule has 2 fully saturated rings. The van der Waals surface area contributed by atoms with Gasteiger partial charge in [0.25, 0.3) is 5.92 Å². The van der Waals surface area contributed by atoms with Gasteiger partial charge in [0.15, 0.2) is 0 Å². The number of rotatable bonds is 1. The third-order valence-electron chi connectivity index (χ3n) is 3.08. The fraction of sp³-hybridized carbons (Fsp3) is 0.875. The predicted molar refractivity (Wildman–Crippen MR) is 36.9 cm³/mol. The second-order valence-corrected chi connectivity index (χ2v) is 3.74. The number of hydrogen-bond acceptors (Lipinski definition) is 1. The molecule has 0 bridgehead atoms. The zero-order valence-electron chi connectivity index (χ0n) is 6.46. The highest BCUT2D eigenvalue weighted by Gasteiger charge is 2.69. The number of hydrogen-bond donors (Lipinski definition) is 1. The first-order chi connectivity index (χ1) is 5.53. The Labute approximate surface area is 68.6 Å². The molecule has 0 amide bonds. The fourth-order valence-electron chi connectivity index (χ4n) is 2.21. The number of carboxylic acids is 1.